The van der Waals surface area contributed by atoms with E-state index in [9.17, 15) is 0 Å². The zero-order valence-electron chi connectivity index (χ0n) is 11.2. The van der Waals surface area contributed by atoms with E-state index in [0.29, 0.717) is 0 Å². The van der Waals surface area contributed by atoms with Crippen LogP contribution in [0.5, 0.6) is 0 Å². The Labute approximate surface area is 108 Å². The van der Waals surface area contributed by atoms with Crippen LogP contribution in [0.25, 0.3) is 0 Å². The molecular weight excluding hydrogens is 224 g/mol. The molecule has 0 fully saturated rings. The van der Waals surface area contributed by atoms with Gasteiger partial charge in [-0.05, 0) is 31.2 Å². The number of pyridine rings is 1. The molecule has 0 aliphatic heterocycles. The first-order valence-corrected chi connectivity index (χ1v) is 6.48. The summed E-state index contributed by atoms with van der Waals surface area (Å²) in [5.41, 5.74) is 3.43. The highest BCUT2D eigenvalue weighted by Crippen LogP contribution is 2.26. The van der Waals surface area contributed by atoms with Gasteiger partial charge < -0.3 is 9.73 Å². The van der Waals surface area contributed by atoms with Crippen molar-refractivity contribution in [2.75, 3.05) is 6.54 Å². The monoisotopic (exact) mass is 244 g/mol. The Kier molecular flexibility index (Phi) is 4.15. The molecule has 0 spiro atoms. The van der Waals surface area contributed by atoms with E-state index in [-0.39, 0.29) is 6.04 Å². The normalized spacial score (nSPS) is 12.6. The third-order valence-corrected chi connectivity index (χ3v) is 3.09. The lowest BCUT2D eigenvalue weighted by molar-refractivity contribution is 0.502. The standard InChI is InChI=1S/C15H20N2O/c1-4-14-13(8-9-18-14)15(16-5-2)12-7-6-11(3)17-10-12/h6-10,15-16H,4-5H2,1-3H3. The lowest BCUT2D eigenvalue weighted by Crippen LogP contribution is -2.22. The van der Waals surface area contributed by atoms with Crippen LogP contribution in [0.1, 0.15) is 42.5 Å². The smallest absolute Gasteiger partial charge is 0.108 e. The number of nitrogens with zero attached hydrogens (tertiary/aromatic N) is 1. The van der Waals surface area contributed by atoms with Crippen molar-refractivity contribution in [3.8, 4) is 0 Å². The van der Waals surface area contributed by atoms with Gasteiger partial charge >= 0.3 is 0 Å². The minimum atomic E-state index is 0.164. The molecule has 3 heteroatoms. The molecule has 0 saturated heterocycles. The molecule has 0 bridgehead atoms. The second-order valence-electron chi connectivity index (χ2n) is 4.38. The van der Waals surface area contributed by atoms with E-state index in [0.717, 1.165) is 24.4 Å². The molecule has 0 amide bonds. The highest BCUT2D eigenvalue weighted by atomic mass is 16.3. The van der Waals surface area contributed by atoms with E-state index in [4.69, 9.17) is 4.42 Å². The minimum Gasteiger partial charge on any atom is -0.469 e. The molecule has 2 heterocycles. The summed E-state index contributed by atoms with van der Waals surface area (Å²) in [6.07, 6.45) is 4.61. The van der Waals surface area contributed by atoms with Gasteiger partial charge in [0.05, 0.1) is 12.3 Å². The fourth-order valence-corrected chi connectivity index (χ4v) is 2.16. The second-order valence-corrected chi connectivity index (χ2v) is 4.38. The maximum Gasteiger partial charge on any atom is 0.108 e. The first kappa shape index (κ1) is 12.8. The van der Waals surface area contributed by atoms with E-state index >= 15 is 0 Å². The molecule has 2 aromatic heterocycles. The molecule has 3 nitrogen and oxygen atoms in total. The van der Waals surface area contributed by atoms with Crippen LogP contribution < -0.4 is 5.32 Å². The third-order valence-electron chi connectivity index (χ3n) is 3.09. The van der Waals surface area contributed by atoms with Gasteiger partial charge in [0.25, 0.3) is 0 Å². The van der Waals surface area contributed by atoms with Crippen LogP contribution in [-0.2, 0) is 6.42 Å². The maximum atomic E-state index is 5.53. The molecule has 0 aliphatic rings. The summed E-state index contributed by atoms with van der Waals surface area (Å²) in [5.74, 6) is 1.04. The Bertz CT molecular complexity index is 487. The molecule has 0 saturated carbocycles. The summed E-state index contributed by atoms with van der Waals surface area (Å²) in [5, 5.41) is 3.50. The van der Waals surface area contributed by atoms with Crippen LogP contribution in [-0.4, -0.2) is 11.5 Å². The fraction of sp³-hybridized carbons (Fsp3) is 0.400. The van der Waals surface area contributed by atoms with Crippen LogP contribution in [0, 0.1) is 6.92 Å². The van der Waals surface area contributed by atoms with Gasteiger partial charge in [-0.2, -0.15) is 0 Å². The first-order valence-electron chi connectivity index (χ1n) is 6.48. The lowest BCUT2D eigenvalue weighted by Gasteiger charge is -2.18. The summed E-state index contributed by atoms with van der Waals surface area (Å²) in [4.78, 5) is 4.38. The predicted octanol–water partition coefficient (Wildman–Crippen LogP) is 3.24. The quantitative estimate of drug-likeness (QED) is 0.877. The Morgan fingerprint density at radius 3 is 2.72 bits per heavy atom. The van der Waals surface area contributed by atoms with E-state index < -0.39 is 0 Å². The van der Waals surface area contributed by atoms with E-state index in [2.05, 4.69) is 30.2 Å². The average Bonchev–Trinajstić information content (AvgIpc) is 2.85. The molecule has 1 atom stereocenters. The molecule has 2 rings (SSSR count). The SMILES string of the molecule is CCNC(c1ccc(C)nc1)c1ccoc1CC. The Morgan fingerprint density at radius 2 is 2.11 bits per heavy atom. The molecule has 1 unspecified atom stereocenters. The molecule has 1 N–H and O–H groups in total. The van der Waals surface area contributed by atoms with E-state index in [1.54, 1.807) is 6.26 Å². The summed E-state index contributed by atoms with van der Waals surface area (Å²) in [6.45, 7) is 7.13. The Morgan fingerprint density at radius 1 is 1.28 bits per heavy atom. The van der Waals surface area contributed by atoms with Crippen LogP contribution in [0.4, 0.5) is 0 Å². The van der Waals surface area contributed by atoms with Crippen LogP contribution >= 0.6 is 0 Å². The molecule has 18 heavy (non-hydrogen) atoms. The van der Waals surface area contributed by atoms with Crippen molar-refractivity contribution in [1.82, 2.24) is 10.3 Å². The Hall–Kier alpha value is -1.61. The van der Waals surface area contributed by atoms with Gasteiger partial charge in [-0.25, -0.2) is 0 Å². The number of nitrogens with one attached hydrogen (secondary N) is 1. The number of hydrogen-bond acceptors (Lipinski definition) is 3. The largest absolute Gasteiger partial charge is 0.469 e. The van der Waals surface area contributed by atoms with Gasteiger partial charge in [0, 0.05) is 23.9 Å². The molecular formula is C15H20N2O. The van der Waals surface area contributed by atoms with Crippen molar-refractivity contribution in [2.24, 2.45) is 0 Å². The minimum absolute atomic E-state index is 0.164. The summed E-state index contributed by atoms with van der Waals surface area (Å²) >= 11 is 0. The van der Waals surface area contributed by atoms with Crippen LogP contribution in [0.2, 0.25) is 0 Å². The van der Waals surface area contributed by atoms with Gasteiger partial charge in [0.2, 0.25) is 0 Å². The number of hydrogen-bond donors (Lipinski definition) is 1. The summed E-state index contributed by atoms with van der Waals surface area (Å²) in [7, 11) is 0. The van der Waals surface area contributed by atoms with Gasteiger partial charge in [-0.1, -0.05) is 19.9 Å². The van der Waals surface area contributed by atoms with Gasteiger partial charge in [-0.15, -0.1) is 0 Å². The number of rotatable bonds is 5. The van der Waals surface area contributed by atoms with Crippen molar-refractivity contribution in [3.05, 3.63) is 53.2 Å². The molecule has 0 aromatic carbocycles. The number of aromatic nitrogens is 1. The summed E-state index contributed by atoms with van der Waals surface area (Å²) in [6, 6.07) is 6.39. The number of furan rings is 1. The van der Waals surface area contributed by atoms with Crippen LogP contribution in [0.3, 0.4) is 0 Å². The maximum absolute atomic E-state index is 5.53. The number of aryl methyl sites for hydroxylation is 2. The fourth-order valence-electron chi connectivity index (χ4n) is 2.16. The third kappa shape index (κ3) is 2.62. The molecule has 0 radical (unpaired) electrons. The van der Waals surface area contributed by atoms with Crippen molar-refractivity contribution >= 4 is 0 Å². The van der Waals surface area contributed by atoms with Crippen LogP contribution in [0.15, 0.2) is 35.1 Å². The second kappa shape index (κ2) is 5.83. The topological polar surface area (TPSA) is 38.1 Å². The van der Waals surface area contributed by atoms with Crippen molar-refractivity contribution < 1.29 is 4.42 Å². The lowest BCUT2D eigenvalue weighted by atomic mass is 9.99. The van der Waals surface area contributed by atoms with Gasteiger partial charge in [0.15, 0.2) is 0 Å². The zero-order valence-corrected chi connectivity index (χ0v) is 11.2. The Balaban J connectivity index is 2.36. The predicted molar refractivity (Wildman–Crippen MR) is 72.6 cm³/mol. The molecule has 2 aromatic rings. The van der Waals surface area contributed by atoms with Crippen molar-refractivity contribution in [1.29, 1.82) is 0 Å². The van der Waals surface area contributed by atoms with E-state index in [1.165, 1.54) is 11.1 Å². The van der Waals surface area contributed by atoms with Gasteiger partial charge in [0.1, 0.15) is 5.76 Å². The molecule has 96 valence electrons. The first-order chi connectivity index (χ1) is 8.76. The zero-order chi connectivity index (χ0) is 13.0. The summed E-state index contributed by atoms with van der Waals surface area (Å²) < 4.78 is 5.53. The van der Waals surface area contributed by atoms with Crippen molar-refractivity contribution in [2.45, 2.75) is 33.2 Å². The van der Waals surface area contributed by atoms with Gasteiger partial charge in [-0.3, -0.25) is 4.98 Å². The highest BCUT2D eigenvalue weighted by molar-refractivity contribution is 5.32. The molecule has 0 aliphatic carbocycles. The van der Waals surface area contributed by atoms with E-state index in [1.807, 2.05) is 25.3 Å². The van der Waals surface area contributed by atoms with Crippen molar-refractivity contribution in [3.63, 3.8) is 0 Å². The average molecular weight is 244 g/mol. The highest BCUT2D eigenvalue weighted by Gasteiger charge is 2.18.